The van der Waals surface area contributed by atoms with Crippen LogP contribution in [-0.2, 0) is 11.2 Å². The van der Waals surface area contributed by atoms with Gasteiger partial charge in [0.15, 0.2) is 0 Å². The first-order chi connectivity index (χ1) is 15.6. The van der Waals surface area contributed by atoms with Crippen molar-refractivity contribution in [3.05, 3.63) is 89.6 Å². The maximum Gasteiger partial charge on any atom is 0.127 e. The number of methoxy groups -OCH3 is 1. The van der Waals surface area contributed by atoms with Crippen LogP contribution in [0.1, 0.15) is 44.5 Å². The smallest absolute Gasteiger partial charge is 0.127 e. The molecule has 0 amide bonds. The van der Waals surface area contributed by atoms with E-state index >= 15 is 0 Å². The molecule has 2 aliphatic heterocycles. The summed E-state index contributed by atoms with van der Waals surface area (Å²) in [6.07, 6.45) is 7.16. The maximum absolute atomic E-state index is 5.84. The van der Waals surface area contributed by atoms with Crippen molar-refractivity contribution in [1.82, 2.24) is 9.88 Å². The Kier molecular flexibility index (Phi) is 5.96. The Hall–Kier alpha value is -3.27. The topological polar surface area (TPSA) is 34.6 Å². The lowest BCUT2D eigenvalue weighted by Crippen LogP contribution is -2.45. The zero-order valence-electron chi connectivity index (χ0n) is 20.7. The van der Waals surface area contributed by atoms with Crippen molar-refractivity contribution in [1.29, 1.82) is 0 Å². The fourth-order valence-electron chi connectivity index (χ4n) is 4.67. The second-order valence-corrected chi connectivity index (χ2v) is 9.84. The summed E-state index contributed by atoms with van der Waals surface area (Å²) in [7, 11) is 1.73. The van der Waals surface area contributed by atoms with Gasteiger partial charge in [-0.25, -0.2) is 0 Å². The molecule has 3 heterocycles. The number of benzene rings is 1. The van der Waals surface area contributed by atoms with Crippen molar-refractivity contribution in [3.8, 4) is 16.9 Å². The van der Waals surface area contributed by atoms with Crippen LogP contribution >= 0.6 is 0 Å². The highest BCUT2D eigenvalue weighted by Crippen LogP contribution is 2.46. The van der Waals surface area contributed by atoms with Crippen molar-refractivity contribution in [2.24, 2.45) is 5.41 Å². The molecule has 0 spiro atoms. The number of allylic oxidation sites excluding steroid dienone is 2. The monoisotopic (exact) mass is 442 g/mol. The van der Waals surface area contributed by atoms with Gasteiger partial charge in [-0.05, 0) is 61.1 Å². The second-order valence-electron chi connectivity index (χ2n) is 9.84. The molecule has 0 N–H and O–H groups in total. The average molecular weight is 443 g/mol. The van der Waals surface area contributed by atoms with Gasteiger partial charge in [0.25, 0.3) is 0 Å². The molecule has 4 heteroatoms. The third-order valence-electron chi connectivity index (χ3n) is 6.49. The number of fused-ring (bicyclic) bond motifs is 3. The molecule has 1 atom stereocenters. The summed E-state index contributed by atoms with van der Waals surface area (Å²) < 4.78 is 11.6. The summed E-state index contributed by atoms with van der Waals surface area (Å²) in [6.45, 7) is 19.9. The lowest BCUT2D eigenvalue weighted by Gasteiger charge is -2.47. The number of aromatic nitrogens is 1. The molecule has 0 saturated carbocycles. The zero-order chi connectivity index (χ0) is 23.9. The highest BCUT2D eigenvalue weighted by atomic mass is 16.5. The number of rotatable bonds is 5. The lowest BCUT2D eigenvalue weighted by atomic mass is 9.76. The molecule has 172 valence electrons. The number of aryl methyl sites for hydroxylation is 1. The van der Waals surface area contributed by atoms with Gasteiger partial charge in [0.05, 0.1) is 13.7 Å². The van der Waals surface area contributed by atoms with Crippen molar-refractivity contribution >= 4 is 5.70 Å². The molecule has 4 nitrogen and oxygen atoms in total. The first kappa shape index (κ1) is 22.9. The molecule has 2 aromatic rings. The third-order valence-corrected chi connectivity index (χ3v) is 6.49. The minimum absolute atomic E-state index is 0.0511. The van der Waals surface area contributed by atoms with Crippen molar-refractivity contribution in [3.63, 3.8) is 0 Å². The van der Waals surface area contributed by atoms with Crippen molar-refractivity contribution in [2.45, 2.75) is 47.1 Å². The summed E-state index contributed by atoms with van der Waals surface area (Å²) in [4.78, 5) is 6.88. The van der Waals surface area contributed by atoms with E-state index in [1.807, 2.05) is 26.1 Å². The summed E-state index contributed by atoms with van der Waals surface area (Å²) in [6, 6.07) is 8.86. The van der Waals surface area contributed by atoms with Gasteiger partial charge in [-0.2, -0.15) is 0 Å². The summed E-state index contributed by atoms with van der Waals surface area (Å²) in [5.41, 5.74) is 8.67. The largest absolute Gasteiger partial charge is 0.496 e. The first-order valence-corrected chi connectivity index (χ1v) is 11.5. The van der Waals surface area contributed by atoms with Crippen LogP contribution in [-0.4, -0.2) is 29.6 Å². The molecule has 1 aromatic carbocycles. The Morgan fingerprint density at radius 3 is 2.58 bits per heavy atom. The van der Waals surface area contributed by atoms with Gasteiger partial charge in [0.2, 0.25) is 0 Å². The highest BCUT2D eigenvalue weighted by molar-refractivity contribution is 5.81. The fraction of sp³-hybridized carbons (Fsp3) is 0.345. The van der Waals surface area contributed by atoms with Crippen LogP contribution in [0.15, 0.2) is 72.8 Å². The van der Waals surface area contributed by atoms with Crippen LogP contribution in [0.3, 0.4) is 0 Å². The van der Waals surface area contributed by atoms with Crippen LogP contribution in [0.2, 0.25) is 0 Å². The Morgan fingerprint density at radius 2 is 1.97 bits per heavy atom. The fourth-order valence-corrected chi connectivity index (χ4v) is 4.67. The molecule has 0 saturated heterocycles. The average Bonchev–Trinajstić information content (AvgIpc) is 2.77. The van der Waals surface area contributed by atoms with Gasteiger partial charge in [0, 0.05) is 52.1 Å². The van der Waals surface area contributed by atoms with E-state index in [1.165, 1.54) is 11.1 Å². The van der Waals surface area contributed by atoms with E-state index in [-0.39, 0.29) is 11.5 Å². The van der Waals surface area contributed by atoms with Crippen LogP contribution < -0.4 is 4.74 Å². The number of hydrogen-bond acceptors (Lipinski definition) is 4. The maximum atomic E-state index is 5.84. The van der Waals surface area contributed by atoms with E-state index in [4.69, 9.17) is 9.47 Å². The van der Waals surface area contributed by atoms with Gasteiger partial charge in [-0.3, -0.25) is 4.98 Å². The first-order valence-electron chi connectivity index (χ1n) is 11.5. The molecule has 33 heavy (non-hydrogen) atoms. The molecule has 0 bridgehead atoms. The normalized spacial score (nSPS) is 17.6. The summed E-state index contributed by atoms with van der Waals surface area (Å²) in [5, 5.41) is 0. The molecular weight excluding hydrogens is 408 g/mol. The van der Waals surface area contributed by atoms with Gasteiger partial charge in [-0.1, -0.05) is 40.0 Å². The van der Waals surface area contributed by atoms with Gasteiger partial charge < -0.3 is 14.4 Å². The number of nitrogens with zero attached hydrogens (tertiary/aromatic N) is 2. The van der Waals surface area contributed by atoms with E-state index in [0.717, 1.165) is 45.8 Å². The van der Waals surface area contributed by atoms with E-state index in [1.54, 1.807) is 7.11 Å². The standard InChI is InChI=1S/C29H34N2O2/c1-9-33-20(4)25-17-31-26(12-18(25)2)23-15-27(32-8)24(21-11-10-19(3)30-16-21)13-22(23)14-28(31)29(5,6)7/h10-13,15-17,28H,2,4,9,14H2,1,3,5-8H3. The van der Waals surface area contributed by atoms with E-state index in [0.29, 0.717) is 12.4 Å². The van der Waals surface area contributed by atoms with E-state index in [2.05, 4.69) is 74.3 Å². The molecule has 0 fully saturated rings. The summed E-state index contributed by atoms with van der Waals surface area (Å²) >= 11 is 0. The third kappa shape index (κ3) is 4.22. The Bertz CT molecular complexity index is 1160. The molecule has 1 unspecified atom stereocenters. The van der Waals surface area contributed by atoms with Crippen LogP contribution in [0.4, 0.5) is 0 Å². The van der Waals surface area contributed by atoms with Crippen molar-refractivity contribution in [2.75, 3.05) is 13.7 Å². The minimum Gasteiger partial charge on any atom is -0.496 e. The summed E-state index contributed by atoms with van der Waals surface area (Å²) in [5.74, 6) is 1.50. The Labute approximate surface area is 197 Å². The second kappa shape index (κ2) is 8.58. The molecule has 0 radical (unpaired) electrons. The number of hydrogen-bond donors (Lipinski definition) is 0. The molecule has 0 aliphatic carbocycles. The van der Waals surface area contributed by atoms with E-state index < -0.39 is 0 Å². The van der Waals surface area contributed by atoms with Crippen LogP contribution in [0, 0.1) is 12.3 Å². The molecule has 4 rings (SSSR count). The minimum atomic E-state index is 0.0511. The van der Waals surface area contributed by atoms with Gasteiger partial charge in [-0.15, -0.1) is 0 Å². The van der Waals surface area contributed by atoms with E-state index in [9.17, 15) is 0 Å². The quantitative estimate of drug-likeness (QED) is 0.484. The lowest BCUT2D eigenvalue weighted by molar-refractivity contribution is 0.187. The Morgan fingerprint density at radius 1 is 1.21 bits per heavy atom. The predicted octanol–water partition coefficient (Wildman–Crippen LogP) is 6.68. The molecule has 2 aliphatic rings. The number of pyridine rings is 1. The highest BCUT2D eigenvalue weighted by Gasteiger charge is 2.38. The molecular formula is C29H34N2O2. The van der Waals surface area contributed by atoms with Crippen LogP contribution in [0.5, 0.6) is 5.75 Å². The Balaban J connectivity index is 1.87. The van der Waals surface area contributed by atoms with Gasteiger partial charge >= 0.3 is 0 Å². The van der Waals surface area contributed by atoms with Crippen LogP contribution in [0.25, 0.3) is 16.8 Å². The van der Waals surface area contributed by atoms with Crippen molar-refractivity contribution < 1.29 is 9.47 Å². The predicted molar refractivity (Wildman–Crippen MR) is 136 cm³/mol. The zero-order valence-corrected chi connectivity index (χ0v) is 20.7. The molecule has 1 aromatic heterocycles. The number of ether oxygens (including phenoxy) is 2. The SMILES string of the molecule is C=C1C=C2c3cc(OC)c(-c4ccc(C)nc4)cc3CC(C(C)(C)C)N2C=C1C(=C)OCC. The van der Waals surface area contributed by atoms with Gasteiger partial charge in [0.1, 0.15) is 11.5 Å².